The number of hydrogen-bond donors (Lipinski definition) is 1. The van der Waals surface area contributed by atoms with Crippen LogP contribution in [0.3, 0.4) is 0 Å². The highest BCUT2D eigenvalue weighted by atomic mass is 32.2. The van der Waals surface area contributed by atoms with Crippen LogP contribution in [0, 0.1) is 5.92 Å². The maximum absolute atomic E-state index is 3.70. The lowest BCUT2D eigenvalue weighted by Crippen LogP contribution is -2.46. The summed E-state index contributed by atoms with van der Waals surface area (Å²) >= 11 is 2.17. The fraction of sp³-hybridized carbons (Fsp3) is 1.00. The average Bonchev–Trinajstić information content (AvgIpc) is 3.00. The summed E-state index contributed by atoms with van der Waals surface area (Å²) in [7, 11) is 0. The molecule has 98 valence electrons. The fourth-order valence-electron chi connectivity index (χ4n) is 3.97. The molecule has 3 saturated heterocycles. The van der Waals surface area contributed by atoms with Crippen LogP contribution in [0.25, 0.3) is 0 Å². The minimum atomic E-state index is 0.854. The van der Waals surface area contributed by atoms with Crippen molar-refractivity contribution >= 4 is 11.8 Å². The number of hydrogen-bond acceptors (Lipinski definition) is 3. The Morgan fingerprint density at radius 1 is 1.12 bits per heavy atom. The van der Waals surface area contributed by atoms with E-state index in [4.69, 9.17) is 0 Å². The Balaban J connectivity index is 1.49. The largest absolute Gasteiger partial charge is 0.314 e. The van der Waals surface area contributed by atoms with E-state index in [1.807, 2.05) is 0 Å². The number of likely N-dealkylation sites (tertiary alicyclic amines) is 1. The molecule has 0 bridgehead atoms. The van der Waals surface area contributed by atoms with Gasteiger partial charge >= 0.3 is 0 Å². The molecular weight excluding hydrogens is 228 g/mol. The zero-order valence-corrected chi connectivity index (χ0v) is 11.8. The third kappa shape index (κ3) is 2.66. The Kier molecular flexibility index (Phi) is 3.98. The lowest BCUT2D eigenvalue weighted by atomic mass is 9.87. The summed E-state index contributed by atoms with van der Waals surface area (Å²) in [6.45, 7) is 6.41. The highest BCUT2D eigenvalue weighted by Crippen LogP contribution is 2.34. The average molecular weight is 254 g/mol. The second-order valence-corrected chi connectivity index (χ2v) is 7.49. The van der Waals surface area contributed by atoms with E-state index in [9.17, 15) is 0 Å². The molecule has 0 spiro atoms. The summed E-state index contributed by atoms with van der Waals surface area (Å²) in [5.74, 6) is 2.36. The van der Waals surface area contributed by atoms with Crippen LogP contribution >= 0.6 is 11.8 Å². The summed E-state index contributed by atoms with van der Waals surface area (Å²) in [5, 5.41) is 4.57. The Bertz CT molecular complexity index is 245. The van der Waals surface area contributed by atoms with E-state index < -0.39 is 0 Å². The van der Waals surface area contributed by atoms with E-state index in [-0.39, 0.29) is 0 Å². The van der Waals surface area contributed by atoms with Crippen molar-refractivity contribution in [3.8, 4) is 0 Å². The number of nitrogens with zero attached hydrogens (tertiary/aromatic N) is 1. The number of piperidine rings is 1. The van der Waals surface area contributed by atoms with Crippen LogP contribution in [0.1, 0.15) is 39.0 Å². The van der Waals surface area contributed by atoms with Crippen molar-refractivity contribution in [2.45, 2.75) is 56.4 Å². The Morgan fingerprint density at radius 2 is 1.94 bits per heavy atom. The molecule has 0 aromatic carbocycles. The molecule has 3 heterocycles. The van der Waals surface area contributed by atoms with E-state index in [2.05, 4.69) is 28.9 Å². The topological polar surface area (TPSA) is 15.3 Å². The van der Waals surface area contributed by atoms with Gasteiger partial charge < -0.3 is 5.32 Å². The molecule has 0 amide bonds. The Labute approximate surface area is 110 Å². The summed E-state index contributed by atoms with van der Waals surface area (Å²) in [6.07, 6.45) is 7.14. The predicted octanol–water partition coefficient (Wildman–Crippen LogP) is 2.34. The van der Waals surface area contributed by atoms with Crippen LogP contribution in [0.2, 0.25) is 0 Å². The molecule has 0 aromatic rings. The van der Waals surface area contributed by atoms with Crippen molar-refractivity contribution in [2.75, 3.05) is 25.4 Å². The molecule has 3 heteroatoms. The molecular formula is C14H26N2S. The fourth-order valence-corrected chi connectivity index (χ4v) is 5.25. The molecule has 3 fully saturated rings. The van der Waals surface area contributed by atoms with E-state index in [1.165, 1.54) is 57.5 Å². The number of nitrogens with one attached hydrogen (secondary N) is 1. The van der Waals surface area contributed by atoms with Gasteiger partial charge in [-0.05, 0) is 63.4 Å². The van der Waals surface area contributed by atoms with E-state index >= 15 is 0 Å². The van der Waals surface area contributed by atoms with Crippen LogP contribution in [-0.2, 0) is 0 Å². The molecule has 17 heavy (non-hydrogen) atoms. The molecule has 3 aliphatic heterocycles. The van der Waals surface area contributed by atoms with Crippen LogP contribution in [0.15, 0.2) is 0 Å². The van der Waals surface area contributed by atoms with Crippen molar-refractivity contribution in [3.63, 3.8) is 0 Å². The van der Waals surface area contributed by atoms with Gasteiger partial charge in [0, 0.05) is 17.3 Å². The molecule has 0 aromatic heterocycles. The first-order chi connectivity index (χ1) is 8.34. The first kappa shape index (κ1) is 12.3. The maximum Gasteiger partial charge on any atom is 0.0219 e. The Hall–Kier alpha value is 0.270. The molecule has 3 rings (SSSR count). The van der Waals surface area contributed by atoms with Gasteiger partial charge in [0.1, 0.15) is 0 Å². The quantitative estimate of drug-likeness (QED) is 0.814. The molecule has 0 radical (unpaired) electrons. The number of thioether (sulfide) groups is 1. The highest BCUT2D eigenvalue weighted by molar-refractivity contribution is 8.00. The van der Waals surface area contributed by atoms with Gasteiger partial charge in [0.25, 0.3) is 0 Å². The molecule has 3 unspecified atom stereocenters. The van der Waals surface area contributed by atoms with Crippen LogP contribution in [0.5, 0.6) is 0 Å². The van der Waals surface area contributed by atoms with Gasteiger partial charge in [-0.15, -0.1) is 0 Å². The summed E-state index contributed by atoms with van der Waals surface area (Å²) in [6, 6.07) is 1.74. The second-order valence-electron chi connectivity index (χ2n) is 6.01. The third-order valence-electron chi connectivity index (χ3n) is 5.05. The summed E-state index contributed by atoms with van der Waals surface area (Å²) in [4.78, 5) is 2.79. The molecule has 0 saturated carbocycles. The summed E-state index contributed by atoms with van der Waals surface area (Å²) in [5.41, 5.74) is 0. The molecule has 3 atom stereocenters. The zero-order valence-electron chi connectivity index (χ0n) is 11.0. The highest BCUT2D eigenvalue weighted by Gasteiger charge is 2.34. The van der Waals surface area contributed by atoms with Gasteiger partial charge in [0.05, 0.1) is 0 Å². The minimum absolute atomic E-state index is 0.854. The van der Waals surface area contributed by atoms with Gasteiger partial charge in [-0.25, -0.2) is 0 Å². The minimum Gasteiger partial charge on any atom is -0.314 e. The van der Waals surface area contributed by atoms with Gasteiger partial charge in [0.2, 0.25) is 0 Å². The van der Waals surface area contributed by atoms with Gasteiger partial charge in [0.15, 0.2) is 0 Å². The molecule has 3 aliphatic rings. The zero-order chi connectivity index (χ0) is 11.7. The van der Waals surface area contributed by atoms with Crippen molar-refractivity contribution in [2.24, 2.45) is 5.92 Å². The first-order valence-corrected chi connectivity index (χ1v) is 8.48. The normalized spacial score (nSPS) is 41.1. The van der Waals surface area contributed by atoms with Crippen molar-refractivity contribution in [3.05, 3.63) is 0 Å². The van der Waals surface area contributed by atoms with Crippen molar-refractivity contribution in [1.82, 2.24) is 10.2 Å². The van der Waals surface area contributed by atoms with Crippen LogP contribution < -0.4 is 5.32 Å². The number of rotatable bonds is 2. The standard InChI is InChI=1S/C14H26N2S/c1-11-14(6-10-17-11)16-8-4-12(5-9-16)13-3-2-7-15-13/h11-15H,2-10H2,1H3. The van der Waals surface area contributed by atoms with Gasteiger partial charge in [-0.2, -0.15) is 11.8 Å². The second kappa shape index (κ2) is 5.50. The Morgan fingerprint density at radius 3 is 2.53 bits per heavy atom. The van der Waals surface area contributed by atoms with Gasteiger partial charge in [-0.3, -0.25) is 4.90 Å². The SMILES string of the molecule is CC1SCCC1N1CCC(C2CCCN2)CC1. The lowest BCUT2D eigenvalue weighted by Gasteiger charge is -2.39. The molecule has 2 nitrogen and oxygen atoms in total. The third-order valence-corrected chi connectivity index (χ3v) is 6.36. The van der Waals surface area contributed by atoms with Crippen LogP contribution in [0.4, 0.5) is 0 Å². The van der Waals surface area contributed by atoms with E-state index in [0.29, 0.717) is 0 Å². The summed E-state index contributed by atoms with van der Waals surface area (Å²) < 4.78 is 0. The van der Waals surface area contributed by atoms with E-state index in [1.54, 1.807) is 0 Å². The maximum atomic E-state index is 3.70. The smallest absolute Gasteiger partial charge is 0.0219 e. The predicted molar refractivity (Wildman–Crippen MR) is 75.6 cm³/mol. The van der Waals surface area contributed by atoms with Crippen LogP contribution in [-0.4, -0.2) is 47.6 Å². The monoisotopic (exact) mass is 254 g/mol. The first-order valence-electron chi connectivity index (χ1n) is 7.43. The van der Waals surface area contributed by atoms with Crippen molar-refractivity contribution in [1.29, 1.82) is 0 Å². The van der Waals surface area contributed by atoms with Crippen molar-refractivity contribution < 1.29 is 0 Å². The van der Waals surface area contributed by atoms with E-state index in [0.717, 1.165) is 23.3 Å². The lowest BCUT2D eigenvalue weighted by molar-refractivity contribution is 0.120. The molecule has 1 N–H and O–H groups in total. The molecule has 0 aliphatic carbocycles. The van der Waals surface area contributed by atoms with Gasteiger partial charge in [-0.1, -0.05) is 6.92 Å².